The van der Waals surface area contributed by atoms with E-state index in [1.807, 2.05) is 56.3 Å². The maximum Gasteiger partial charge on any atom is 0.274 e. The number of nitrogens with zero attached hydrogens (tertiary/aromatic N) is 2. The van der Waals surface area contributed by atoms with Gasteiger partial charge in [-0.1, -0.05) is 30.3 Å². The second-order valence-corrected chi connectivity index (χ2v) is 5.55. The van der Waals surface area contributed by atoms with Crippen molar-refractivity contribution in [3.63, 3.8) is 0 Å². The molecule has 0 saturated heterocycles. The Morgan fingerprint density at radius 3 is 2.54 bits per heavy atom. The molecule has 1 heterocycles. The number of hydrogen-bond donors (Lipinski definition) is 2. The first-order valence-electron chi connectivity index (χ1n) is 7.64. The summed E-state index contributed by atoms with van der Waals surface area (Å²) in [5.41, 5.74) is 4.25. The van der Waals surface area contributed by atoms with Crippen LogP contribution in [-0.4, -0.2) is 15.9 Å². The molecule has 3 rings (SSSR count). The number of amides is 1. The van der Waals surface area contributed by atoms with Crippen LogP contribution in [0.3, 0.4) is 0 Å². The van der Waals surface area contributed by atoms with E-state index in [0.717, 1.165) is 22.5 Å². The van der Waals surface area contributed by atoms with Gasteiger partial charge in [-0.2, -0.15) is 0 Å². The zero-order chi connectivity index (χ0) is 16.9. The molecule has 2 aromatic carbocycles. The number of nitrogens with one attached hydrogen (secondary N) is 2. The van der Waals surface area contributed by atoms with E-state index < -0.39 is 0 Å². The first kappa shape index (κ1) is 15.7. The molecule has 5 nitrogen and oxygen atoms in total. The lowest BCUT2D eigenvalue weighted by molar-refractivity contribution is 0.102. The van der Waals surface area contributed by atoms with Crippen LogP contribution in [0.15, 0.2) is 60.9 Å². The van der Waals surface area contributed by atoms with Crippen molar-refractivity contribution in [2.24, 2.45) is 0 Å². The van der Waals surface area contributed by atoms with E-state index in [4.69, 9.17) is 0 Å². The van der Waals surface area contributed by atoms with Crippen LogP contribution >= 0.6 is 0 Å². The molecule has 0 bridgehead atoms. The van der Waals surface area contributed by atoms with Gasteiger partial charge in [-0.3, -0.25) is 4.79 Å². The molecule has 0 aliphatic carbocycles. The van der Waals surface area contributed by atoms with Gasteiger partial charge in [0, 0.05) is 17.4 Å². The second kappa shape index (κ2) is 6.91. The van der Waals surface area contributed by atoms with Gasteiger partial charge in [-0.05, 0) is 43.2 Å². The van der Waals surface area contributed by atoms with Crippen molar-refractivity contribution in [1.29, 1.82) is 0 Å². The van der Waals surface area contributed by atoms with Gasteiger partial charge in [0.1, 0.15) is 17.8 Å². The van der Waals surface area contributed by atoms with E-state index in [2.05, 4.69) is 26.7 Å². The van der Waals surface area contributed by atoms with Crippen LogP contribution in [0.25, 0.3) is 0 Å². The van der Waals surface area contributed by atoms with E-state index in [0.29, 0.717) is 11.5 Å². The average molecular weight is 318 g/mol. The minimum atomic E-state index is -0.271. The number of benzene rings is 2. The fraction of sp³-hybridized carbons (Fsp3) is 0.105. The Bertz CT molecular complexity index is 862. The SMILES string of the molecule is Cc1ccc(C)c(Nc2cc(C(=O)Nc3ccccc3)ncn2)c1. The highest BCUT2D eigenvalue weighted by Crippen LogP contribution is 2.20. The molecular formula is C19H18N4O. The molecule has 0 spiro atoms. The summed E-state index contributed by atoms with van der Waals surface area (Å²) in [4.78, 5) is 20.6. The number of anilines is 3. The zero-order valence-corrected chi connectivity index (χ0v) is 13.6. The molecule has 0 unspecified atom stereocenters. The minimum absolute atomic E-state index is 0.271. The lowest BCUT2D eigenvalue weighted by atomic mass is 10.1. The molecule has 1 amide bonds. The number of para-hydroxylation sites is 1. The second-order valence-electron chi connectivity index (χ2n) is 5.55. The molecule has 3 aromatic rings. The molecule has 0 radical (unpaired) electrons. The molecule has 120 valence electrons. The molecule has 2 N–H and O–H groups in total. The summed E-state index contributed by atoms with van der Waals surface area (Å²) in [6, 6.07) is 17.1. The third-order valence-corrected chi connectivity index (χ3v) is 3.59. The number of rotatable bonds is 4. The molecule has 0 aliphatic heterocycles. The molecule has 24 heavy (non-hydrogen) atoms. The van der Waals surface area contributed by atoms with Crippen LogP contribution in [-0.2, 0) is 0 Å². The van der Waals surface area contributed by atoms with Gasteiger partial charge in [-0.25, -0.2) is 9.97 Å². The molecule has 5 heteroatoms. The van der Waals surface area contributed by atoms with Crippen LogP contribution in [0.4, 0.5) is 17.2 Å². The van der Waals surface area contributed by atoms with E-state index in [1.165, 1.54) is 6.33 Å². The summed E-state index contributed by atoms with van der Waals surface area (Å²) in [5.74, 6) is 0.310. The molecule has 1 aromatic heterocycles. The maximum absolute atomic E-state index is 12.3. The molecular weight excluding hydrogens is 300 g/mol. The third-order valence-electron chi connectivity index (χ3n) is 3.59. The van der Waals surface area contributed by atoms with Crippen molar-refractivity contribution in [2.75, 3.05) is 10.6 Å². The maximum atomic E-state index is 12.3. The highest BCUT2D eigenvalue weighted by Gasteiger charge is 2.10. The lowest BCUT2D eigenvalue weighted by Gasteiger charge is -2.10. The van der Waals surface area contributed by atoms with Crippen LogP contribution in [0.2, 0.25) is 0 Å². The van der Waals surface area contributed by atoms with Gasteiger partial charge in [0.15, 0.2) is 0 Å². The van der Waals surface area contributed by atoms with Gasteiger partial charge >= 0.3 is 0 Å². The van der Waals surface area contributed by atoms with E-state index in [1.54, 1.807) is 6.07 Å². The Hall–Kier alpha value is -3.21. The Morgan fingerprint density at radius 2 is 1.75 bits per heavy atom. The Kier molecular flexibility index (Phi) is 4.52. The van der Waals surface area contributed by atoms with Crippen molar-refractivity contribution >= 4 is 23.1 Å². The average Bonchev–Trinajstić information content (AvgIpc) is 2.59. The van der Waals surface area contributed by atoms with Crippen LogP contribution < -0.4 is 10.6 Å². The zero-order valence-electron chi connectivity index (χ0n) is 13.6. The fourth-order valence-electron chi connectivity index (χ4n) is 2.27. The number of aryl methyl sites for hydroxylation is 2. The van der Waals surface area contributed by atoms with Crippen molar-refractivity contribution < 1.29 is 4.79 Å². The van der Waals surface area contributed by atoms with Crippen molar-refractivity contribution in [1.82, 2.24) is 9.97 Å². The minimum Gasteiger partial charge on any atom is -0.340 e. The Balaban J connectivity index is 1.79. The fourth-order valence-corrected chi connectivity index (χ4v) is 2.27. The summed E-state index contributed by atoms with van der Waals surface area (Å²) >= 11 is 0. The normalized spacial score (nSPS) is 10.2. The lowest BCUT2D eigenvalue weighted by Crippen LogP contribution is -2.14. The number of hydrogen-bond acceptors (Lipinski definition) is 4. The quantitative estimate of drug-likeness (QED) is 0.760. The topological polar surface area (TPSA) is 66.9 Å². The summed E-state index contributed by atoms with van der Waals surface area (Å²) < 4.78 is 0. The summed E-state index contributed by atoms with van der Waals surface area (Å²) in [6.07, 6.45) is 1.38. The smallest absolute Gasteiger partial charge is 0.274 e. The Morgan fingerprint density at radius 1 is 0.958 bits per heavy atom. The predicted octanol–water partition coefficient (Wildman–Crippen LogP) is 4.09. The van der Waals surface area contributed by atoms with Crippen molar-refractivity contribution in [2.45, 2.75) is 13.8 Å². The molecule has 0 atom stereocenters. The first-order chi connectivity index (χ1) is 11.6. The van der Waals surface area contributed by atoms with E-state index in [-0.39, 0.29) is 5.91 Å². The first-order valence-corrected chi connectivity index (χ1v) is 7.64. The standard InChI is InChI=1S/C19H18N4O/c1-13-8-9-14(2)16(10-13)23-18-11-17(20-12-21-18)19(24)22-15-6-4-3-5-7-15/h3-12H,1-2H3,(H,22,24)(H,20,21,23). The third kappa shape index (κ3) is 3.76. The van der Waals surface area contributed by atoms with Gasteiger partial charge in [-0.15, -0.1) is 0 Å². The van der Waals surface area contributed by atoms with Gasteiger partial charge in [0.25, 0.3) is 5.91 Å². The van der Waals surface area contributed by atoms with Gasteiger partial charge in [0.2, 0.25) is 0 Å². The van der Waals surface area contributed by atoms with Gasteiger partial charge in [0.05, 0.1) is 0 Å². The van der Waals surface area contributed by atoms with Crippen LogP contribution in [0.5, 0.6) is 0 Å². The molecule has 0 aliphatic rings. The number of aromatic nitrogens is 2. The van der Waals surface area contributed by atoms with Gasteiger partial charge < -0.3 is 10.6 Å². The highest BCUT2D eigenvalue weighted by atomic mass is 16.1. The van der Waals surface area contributed by atoms with Crippen molar-refractivity contribution in [3.8, 4) is 0 Å². The predicted molar refractivity (Wildman–Crippen MR) is 95.6 cm³/mol. The molecule has 0 fully saturated rings. The number of carbonyl (C=O) groups is 1. The van der Waals surface area contributed by atoms with Crippen molar-refractivity contribution in [3.05, 3.63) is 77.7 Å². The summed E-state index contributed by atoms with van der Waals surface area (Å²) in [5, 5.41) is 6.05. The number of carbonyl (C=O) groups excluding carboxylic acids is 1. The van der Waals surface area contributed by atoms with E-state index in [9.17, 15) is 4.79 Å². The van der Waals surface area contributed by atoms with E-state index >= 15 is 0 Å². The monoisotopic (exact) mass is 318 g/mol. The van der Waals surface area contributed by atoms with Crippen LogP contribution in [0.1, 0.15) is 21.6 Å². The Labute approximate surface area is 140 Å². The highest BCUT2D eigenvalue weighted by molar-refractivity contribution is 6.03. The summed E-state index contributed by atoms with van der Waals surface area (Å²) in [6.45, 7) is 4.05. The summed E-state index contributed by atoms with van der Waals surface area (Å²) in [7, 11) is 0. The largest absolute Gasteiger partial charge is 0.340 e. The van der Waals surface area contributed by atoms with Crippen LogP contribution in [0, 0.1) is 13.8 Å². The molecule has 0 saturated carbocycles.